The fourth-order valence-corrected chi connectivity index (χ4v) is 1.90. The van der Waals surface area contributed by atoms with Crippen molar-refractivity contribution < 1.29 is 13.9 Å². The molecule has 0 aliphatic carbocycles. The van der Waals surface area contributed by atoms with E-state index in [1.165, 1.54) is 0 Å². The maximum absolute atomic E-state index is 12.1. The Morgan fingerprint density at radius 2 is 2.00 bits per heavy atom. The van der Waals surface area contributed by atoms with E-state index in [9.17, 15) is 8.78 Å². The first-order valence-electron chi connectivity index (χ1n) is 5.57. The zero-order chi connectivity index (χ0) is 11.1. The molecule has 0 aromatic heterocycles. The minimum Gasteiger partial charge on any atom is -0.396 e. The quantitative estimate of drug-likeness (QED) is 0.649. The summed E-state index contributed by atoms with van der Waals surface area (Å²) in [5.41, 5.74) is 0. The molecule has 0 unspecified atom stereocenters. The zero-order valence-corrected chi connectivity index (χ0v) is 8.96. The van der Waals surface area contributed by atoms with E-state index in [1.54, 1.807) is 0 Å². The maximum Gasteiger partial charge on any atom is 0.251 e. The topological polar surface area (TPSA) is 35.5 Å². The number of aliphatic hydroxyl groups is 1. The molecule has 0 spiro atoms. The summed E-state index contributed by atoms with van der Waals surface area (Å²) >= 11 is 0. The molecule has 90 valence electrons. The van der Waals surface area contributed by atoms with Gasteiger partial charge in [-0.25, -0.2) is 8.78 Å². The molecule has 1 saturated heterocycles. The van der Waals surface area contributed by atoms with Gasteiger partial charge in [0.15, 0.2) is 0 Å². The first-order valence-corrected chi connectivity index (χ1v) is 5.57. The van der Waals surface area contributed by atoms with Gasteiger partial charge in [-0.15, -0.1) is 0 Å². The lowest BCUT2D eigenvalue weighted by Gasteiger charge is -2.32. The fraction of sp³-hybridized carbons (Fsp3) is 1.00. The molecule has 0 amide bonds. The SMILES string of the molecule is OCCCNC1CCN(CC(F)F)CC1. The Labute approximate surface area is 89.5 Å². The second-order valence-corrected chi connectivity index (χ2v) is 4.00. The Morgan fingerprint density at radius 3 is 2.53 bits per heavy atom. The number of alkyl halides is 2. The molecule has 1 aliphatic rings. The molecule has 0 bridgehead atoms. The van der Waals surface area contributed by atoms with Crippen molar-refractivity contribution in [2.24, 2.45) is 0 Å². The van der Waals surface area contributed by atoms with Gasteiger partial charge in [0.2, 0.25) is 0 Å². The predicted octanol–water partition coefficient (Wildman–Crippen LogP) is 0.688. The van der Waals surface area contributed by atoms with E-state index in [0.717, 1.165) is 38.9 Å². The van der Waals surface area contributed by atoms with E-state index in [0.29, 0.717) is 6.04 Å². The first kappa shape index (κ1) is 12.8. The van der Waals surface area contributed by atoms with Gasteiger partial charge in [-0.05, 0) is 38.9 Å². The van der Waals surface area contributed by atoms with E-state index >= 15 is 0 Å². The summed E-state index contributed by atoms with van der Waals surface area (Å²) in [6.07, 6.45) is 0.400. The molecule has 1 aliphatic heterocycles. The van der Waals surface area contributed by atoms with Crippen molar-refractivity contribution in [1.29, 1.82) is 0 Å². The molecule has 0 aromatic carbocycles. The number of piperidine rings is 1. The molecular formula is C10H20F2N2O. The molecular weight excluding hydrogens is 202 g/mol. The van der Waals surface area contributed by atoms with E-state index in [-0.39, 0.29) is 13.2 Å². The number of hydrogen-bond donors (Lipinski definition) is 2. The van der Waals surface area contributed by atoms with Gasteiger partial charge in [0, 0.05) is 12.6 Å². The van der Waals surface area contributed by atoms with Crippen LogP contribution in [0, 0.1) is 0 Å². The van der Waals surface area contributed by atoms with Gasteiger partial charge >= 0.3 is 0 Å². The first-order chi connectivity index (χ1) is 7.22. The largest absolute Gasteiger partial charge is 0.396 e. The molecule has 0 saturated carbocycles. The van der Waals surface area contributed by atoms with Gasteiger partial charge in [0.25, 0.3) is 6.43 Å². The van der Waals surface area contributed by atoms with Crippen molar-refractivity contribution in [3.63, 3.8) is 0 Å². The van der Waals surface area contributed by atoms with Crippen LogP contribution in [0.4, 0.5) is 8.78 Å². The molecule has 0 radical (unpaired) electrons. The number of likely N-dealkylation sites (tertiary alicyclic amines) is 1. The Kier molecular flexibility index (Phi) is 6.05. The monoisotopic (exact) mass is 222 g/mol. The number of nitrogens with one attached hydrogen (secondary N) is 1. The Bertz CT molecular complexity index is 162. The van der Waals surface area contributed by atoms with Crippen molar-refractivity contribution in [1.82, 2.24) is 10.2 Å². The average molecular weight is 222 g/mol. The van der Waals surface area contributed by atoms with Crippen molar-refractivity contribution in [2.45, 2.75) is 31.7 Å². The van der Waals surface area contributed by atoms with E-state index in [2.05, 4.69) is 5.32 Å². The van der Waals surface area contributed by atoms with Gasteiger partial charge in [-0.2, -0.15) is 0 Å². The fourth-order valence-electron chi connectivity index (χ4n) is 1.90. The third kappa shape index (κ3) is 5.39. The summed E-state index contributed by atoms with van der Waals surface area (Å²) in [5.74, 6) is 0. The standard InChI is InChI=1S/C10H20F2N2O/c11-10(12)8-14-5-2-9(3-6-14)13-4-1-7-15/h9-10,13,15H,1-8H2. The predicted molar refractivity (Wildman–Crippen MR) is 55.2 cm³/mol. The molecule has 3 nitrogen and oxygen atoms in total. The Balaban J connectivity index is 2.07. The molecule has 15 heavy (non-hydrogen) atoms. The van der Waals surface area contributed by atoms with Crippen molar-refractivity contribution in [3.05, 3.63) is 0 Å². The number of nitrogens with zero attached hydrogens (tertiary/aromatic N) is 1. The second-order valence-electron chi connectivity index (χ2n) is 4.00. The summed E-state index contributed by atoms with van der Waals surface area (Å²) < 4.78 is 24.2. The van der Waals surface area contributed by atoms with Crippen molar-refractivity contribution >= 4 is 0 Å². The van der Waals surface area contributed by atoms with E-state index in [4.69, 9.17) is 5.11 Å². The average Bonchev–Trinajstić information content (AvgIpc) is 2.20. The third-order valence-electron chi connectivity index (χ3n) is 2.75. The highest BCUT2D eigenvalue weighted by atomic mass is 19.3. The van der Waals surface area contributed by atoms with Gasteiger partial charge in [-0.1, -0.05) is 0 Å². The molecule has 1 rings (SSSR count). The van der Waals surface area contributed by atoms with Gasteiger partial charge < -0.3 is 10.4 Å². The zero-order valence-electron chi connectivity index (χ0n) is 8.96. The minimum absolute atomic E-state index is 0.0939. The second kappa shape index (κ2) is 7.09. The third-order valence-corrected chi connectivity index (χ3v) is 2.75. The Hall–Kier alpha value is -0.260. The minimum atomic E-state index is -2.22. The van der Waals surface area contributed by atoms with Gasteiger partial charge in [0.1, 0.15) is 0 Å². The van der Waals surface area contributed by atoms with Gasteiger partial charge in [0.05, 0.1) is 6.54 Å². The summed E-state index contributed by atoms with van der Waals surface area (Å²) in [6.45, 7) is 2.43. The molecule has 1 fully saturated rings. The summed E-state index contributed by atoms with van der Waals surface area (Å²) in [7, 11) is 0. The lowest BCUT2D eigenvalue weighted by Crippen LogP contribution is -2.44. The van der Waals surface area contributed by atoms with Crippen LogP contribution in [-0.4, -0.2) is 55.3 Å². The molecule has 0 atom stereocenters. The number of halogens is 2. The highest BCUT2D eigenvalue weighted by Gasteiger charge is 2.20. The van der Waals surface area contributed by atoms with E-state index < -0.39 is 6.43 Å². The molecule has 2 N–H and O–H groups in total. The van der Waals surface area contributed by atoms with Crippen molar-refractivity contribution in [3.8, 4) is 0 Å². The lowest BCUT2D eigenvalue weighted by atomic mass is 10.1. The molecule has 1 heterocycles. The highest BCUT2D eigenvalue weighted by Crippen LogP contribution is 2.11. The smallest absolute Gasteiger partial charge is 0.251 e. The lowest BCUT2D eigenvalue weighted by molar-refractivity contribution is 0.0729. The molecule has 5 heteroatoms. The molecule has 0 aromatic rings. The summed E-state index contributed by atoms with van der Waals surface area (Å²) in [5, 5.41) is 11.9. The number of rotatable bonds is 6. The van der Waals surface area contributed by atoms with Crippen LogP contribution < -0.4 is 5.32 Å². The van der Waals surface area contributed by atoms with Crippen LogP contribution >= 0.6 is 0 Å². The van der Waals surface area contributed by atoms with Gasteiger partial charge in [-0.3, -0.25) is 4.90 Å². The summed E-state index contributed by atoms with van der Waals surface area (Å²) in [6, 6.07) is 0.436. The van der Waals surface area contributed by atoms with E-state index in [1.807, 2.05) is 4.90 Å². The number of aliphatic hydroxyl groups excluding tert-OH is 1. The number of hydrogen-bond acceptors (Lipinski definition) is 3. The van der Waals surface area contributed by atoms with Crippen LogP contribution in [0.1, 0.15) is 19.3 Å². The van der Waals surface area contributed by atoms with Crippen LogP contribution in [0.3, 0.4) is 0 Å². The van der Waals surface area contributed by atoms with Crippen LogP contribution in [0.5, 0.6) is 0 Å². The normalized spacial score (nSPS) is 20.0. The van der Waals surface area contributed by atoms with Crippen LogP contribution in [0.15, 0.2) is 0 Å². The summed E-state index contributed by atoms with van der Waals surface area (Å²) in [4.78, 5) is 1.81. The Morgan fingerprint density at radius 1 is 1.33 bits per heavy atom. The highest BCUT2D eigenvalue weighted by molar-refractivity contribution is 4.77. The van der Waals surface area contributed by atoms with Crippen molar-refractivity contribution in [2.75, 3.05) is 32.8 Å². The maximum atomic E-state index is 12.1. The van der Waals surface area contributed by atoms with Crippen LogP contribution in [-0.2, 0) is 0 Å². The van der Waals surface area contributed by atoms with Crippen LogP contribution in [0.2, 0.25) is 0 Å². The van der Waals surface area contributed by atoms with Crippen LogP contribution in [0.25, 0.3) is 0 Å².